The molecule has 1 aliphatic heterocycles. The van der Waals surface area contributed by atoms with Gasteiger partial charge in [0.1, 0.15) is 5.71 Å². The van der Waals surface area contributed by atoms with Crippen LogP contribution >= 0.6 is 0 Å². The molecular formula is C16H17NO3. The summed E-state index contributed by atoms with van der Waals surface area (Å²) in [6.07, 6.45) is 6.75. The maximum absolute atomic E-state index is 12.2. The van der Waals surface area contributed by atoms with Gasteiger partial charge in [-0.1, -0.05) is 0 Å². The number of hydrogen-bond donors (Lipinski definition) is 0. The molecule has 0 radical (unpaired) electrons. The third-order valence-electron chi connectivity index (χ3n) is 3.28. The Morgan fingerprint density at radius 2 is 2.05 bits per heavy atom. The van der Waals surface area contributed by atoms with E-state index in [0.29, 0.717) is 36.6 Å². The summed E-state index contributed by atoms with van der Waals surface area (Å²) in [7, 11) is 3.17. The van der Waals surface area contributed by atoms with Crippen molar-refractivity contribution < 1.29 is 14.3 Å². The molecule has 0 fully saturated rings. The average Bonchev–Trinajstić information content (AvgIpc) is 2.50. The van der Waals surface area contributed by atoms with Crippen molar-refractivity contribution in [3.05, 3.63) is 23.3 Å². The lowest BCUT2D eigenvalue weighted by Gasteiger charge is -2.19. The van der Waals surface area contributed by atoms with Crippen LogP contribution in [0.4, 0.5) is 0 Å². The lowest BCUT2D eigenvalue weighted by molar-refractivity contribution is -0.112. The van der Waals surface area contributed by atoms with E-state index >= 15 is 0 Å². The monoisotopic (exact) mass is 271 g/mol. The molecule has 4 nitrogen and oxygen atoms in total. The van der Waals surface area contributed by atoms with E-state index in [1.165, 1.54) is 0 Å². The Balaban J connectivity index is 2.40. The van der Waals surface area contributed by atoms with Crippen LogP contribution in [0.1, 0.15) is 24.0 Å². The Morgan fingerprint density at radius 3 is 2.70 bits per heavy atom. The van der Waals surface area contributed by atoms with Crippen molar-refractivity contribution >= 4 is 11.5 Å². The standard InChI is InChI=1S/C16H17NO3/c1-4-5-6-13(18)16-12-10-15(20-3)14(19-2)9-11(12)7-8-17-16/h1,9-10H,5-8H2,2-3H3. The van der Waals surface area contributed by atoms with Crippen LogP contribution in [-0.4, -0.2) is 32.3 Å². The van der Waals surface area contributed by atoms with Crippen LogP contribution in [0.5, 0.6) is 11.5 Å². The van der Waals surface area contributed by atoms with Crippen molar-refractivity contribution in [1.82, 2.24) is 0 Å². The van der Waals surface area contributed by atoms with Gasteiger partial charge in [-0.3, -0.25) is 9.79 Å². The number of hydrogen-bond acceptors (Lipinski definition) is 4. The highest BCUT2D eigenvalue weighted by molar-refractivity contribution is 6.46. The van der Waals surface area contributed by atoms with Crippen LogP contribution in [-0.2, 0) is 11.2 Å². The second kappa shape index (κ2) is 6.25. The molecule has 0 N–H and O–H groups in total. The predicted octanol–water partition coefficient (Wildman–Crippen LogP) is 2.03. The second-order valence-electron chi connectivity index (χ2n) is 4.47. The molecule has 104 valence electrons. The number of ketones is 1. The van der Waals surface area contributed by atoms with Crippen LogP contribution in [0.15, 0.2) is 17.1 Å². The number of terminal acetylenes is 1. The SMILES string of the molecule is C#CCCC(=O)C1=NCCc2cc(OC)c(OC)cc21. The topological polar surface area (TPSA) is 47.9 Å². The fraction of sp³-hybridized carbons (Fsp3) is 0.375. The van der Waals surface area contributed by atoms with Gasteiger partial charge in [-0.2, -0.15) is 0 Å². The van der Waals surface area contributed by atoms with Crippen molar-refractivity contribution in [2.75, 3.05) is 20.8 Å². The summed E-state index contributed by atoms with van der Waals surface area (Å²) >= 11 is 0. The molecular weight excluding hydrogens is 254 g/mol. The highest BCUT2D eigenvalue weighted by atomic mass is 16.5. The molecule has 1 aromatic rings. The van der Waals surface area contributed by atoms with E-state index in [1.807, 2.05) is 12.1 Å². The van der Waals surface area contributed by atoms with E-state index in [2.05, 4.69) is 10.9 Å². The number of rotatable bonds is 5. The smallest absolute Gasteiger partial charge is 0.182 e. The maximum Gasteiger partial charge on any atom is 0.182 e. The van der Waals surface area contributed by atoms with Gasteiger partial charge in [0.2, 0.25) is 0 Å². The maximum atomic E-state index is 12.2. The third kappa shape index (κ3) is 2.67. The number of Topliss-reactive ketones (excluding diaryl/α,β-unsaturated/α-hetero) is 1. The van der Waals surface area contributed by atoms with Crippen LogP contribution in [0.25, 0.3) is 0 Å². The van der Waals surface area contributed by atoms with Gasteiger partial charge in [-0.05, 0) is 24.1 Å². The number of benzene rings is 1. The van der Waals surface area contributed by atoms with Gasteiger partial charge < -0.3 is 9.47 Å². The van der Waals surface area contributed by atoms with Gasteiger partial charge in [0.15, 0.2) is 17.3 Å². The summed E-state index contributed by atoms with van der Waals surface area (Å²) in [5, 5.41) is 0. The number of fused-ring (bicyclic) bond motifs is 1. The Kier molecular flexibility index (Phi) is 4.41. The Bertz CT molecular complexity index is 596. The fourth-order valence-corrected chi connectivity index (χ4v) is 2.26. The predicted molar refractivity (Wildman–Crippen MR) is 77.7 cm³/mol. The Hall–Kier alpha value is -2.28. The number of methoxy groups -OCH3 is 2. The number of aliphatic imine (C=N–C) groups is 1. The summed E-state index contributed by atoms with van der Waals surface area (Å²) in [6, 6.07) is 3.73. The molecule has 2 rings (SSSR count). The minimum Gasteiger partial charge on any atom is -0.493 e. The number of carbonyl (C=O) groups excluding carboxylic acids is 1. The quantitative estimate of drug-likeness (QED) is 0.770. The lowest BCUT2D eigenvalue weighted by atomic mass is 9.93. The Labute approximate surface area is 118 Å². The molecule has 1 aliphatic rings. The molecule has 1 aromatic carbocycles. The highest BCUT2D eigenvalue weighted by Gasteiger charge is 2.22. The minimum absolute atomic E-state index is 0.0175. The van der Waals surface area contributed by atoms with Crippen LogP contribution < -0.4 is 9.47 Å². The summed E-state index contributed by atoms with van der Waals surface area (Å²) in [5.74, 6) is 3.74. The molecule has 0 aliphatic carbocycles. The van der Waals surface area contributed by atoms with Gasteiger partial charge in [0.25, 0.3) is 0 Å². The van der Waals surface area contributed by atoms with Gasteiger partial charge in [-0.15, -0.1) is 12.3 Å². The zero-order chi connectivity index (χ0) is 14.5. The Morgan fingerprint density at radius 1 is 1.35 bits per heavy atom. The molecule has 0 unspecified atom stereocenters. The first-order valence-corrected chi connectivity index (χ1v) is 6.47. The van der Waals surface area contributed by atoms with Gasteiger partial charge in [0, 0.05) is 24.9 Å². The molecule has 0 aromatic heterocycles. The molecule has 0 atom stereocenters. The molecule has 0 saturated heterocycles. The highest BCUT2D eigenvalue weighted by Crippen LogP contribution is 2.32. The van der Waals surface area contributed by atoms with E-state index in [-0.39, 0.29) is 5.78 Å². The molecule has 4 heteroatoms. The third-order valence-corrected chi connectivity index (χ3v) is 3.28. The van der Waals surface area contributed by atoms with Crippen LogP contribution in [0.3, 0.4) is 0 Å². The van der Waals surface area contributed by atoms with Crippen molar-refractivity contribution in [3.63, 3.8) is 0 Å². The second-order valence-corrected chi connectivity index (χ2v) is 4.47. The molecule has 0 bridgehead atoms. The first kappa shape index (κ1) is 14.1. The summed E-state index contributed by atoms with van der Waals surface area (Å²) in [6.45, 7) is 0.611. The minimum atomic E-state index is -0.0175. The van der Waals surface area contributed by atoms with Gasteiger partial charge in [-0.25, -0.2) is 0 Å². The van der Waals surface area contributed by atoms with Gasteiger partial charge >= 0.3 is 0 Å². The number of nitrogens with zero attached hydrogens (tertiary/aromatic N) is 1. The van der Waals surface area contributed by atoms with Crippen molar-refractivity contribution in [2.45, 2.75) is 19.3 Å². The van der Waals surface area contributed by atoms with E-state index in [9.17, 15) is 4.79 Å². The molecule has 0 spiro atoms. The summed E-state index contributed by atoms with van der Waals surface area (Å²) in [4.78, 5) is 16.5. The first-order chi connectivity index (χ1) is 9.71. The first-order valence-electron chi connectivity index (χ1n) is 6.47. The largest absolute Gasteiger partial charge is 0.493 e. The molecule has 0 amide bonds. The van der Waals surface area contributed by atoms with Crippen molar-refractivity contribution in [3.8, 4) is 23.8 Å². The lowest BCUT2D eigenvalue weighted by Crippen LogP contribution is -2.22. The van der Waals surface area contributed by atoms with Gasteiger partial charge in [0.05, 0.1) is 14.2 Å². The van der Waals surface area contributed by atoms with Crippen LogP contribution in [0.2, 0.25) is 0 Å². The molecule has 0 saturated carbocycles. The zero-order valence-corrected chi connectivity index (χ0v) is 11.7. The van der Waals surface area contributed by atoms with Crippen molar-refractivity contribution in [1.29, 1.82) is 0 Å². The fourth-order valence-electron chi connectivity index (χ4n) is 2.26. The van der Waals surface area contributed by atoms with E-state index in [0.717, 1.165) is 17.5 Å². The van der Waals surface area contributed by atoms with Crippen molar-refractivity contribution in [2.24, 2.45) is 4.99 Å². The molecule has 20 heavy (non-hydrogen) atoms. The number of carbonyl (C=O) groups is 1. The zero-order valence-electron chi connectivity index (χ0n) is 11.7. The summed E-state index contributed by atoms with van der Waals surface area (Å²) < 4.78 is 10.6. The normalized spacial score (nSPS) is 12.9. The van der Waals surface area contributed by atoms with E-state index in [1.54, 1.807) is 14.2 Å². The summed E-state index contributed by atoms with van der Waals surface area (Å²) in [5.41, 5.74) is 2.39. The average molecular weight is 271 g/mol. The van der Waals surface area contributed by atoms with E-state index < -0.39 is 0 Å². The van der Waals surface area contributed by atoms with E-state index in [4.69, 9.17) is 15.9 Å². The van der Waals surface area contributed by atoms with Crippen LogP contribution in [0, 0.1) is 12.3 Å². The molecule has 1 heterocycles. The number of ether oxygens (including phenoxy) is 2.